The summed E-state index contributed by atoms with van der Waals surface area (Å²) in [7, 11) is 1.51. The number of thiazole rings is 1. The van der Waals surface area contributed by atoms with Crippen molar-refractivity contribution in [3.8, 4) is 11.5 Å². The Kier molecular flexibility index (Phi) is 6.35. The van der Waals surface area contributed by atoms with Crippen LogP contribution in [0.5, 0.6) is 11.5 Å². The third kappa shape index (κ3) is 4.28. The number of ether oxygens (including phenoxy) is 2. The molecule has 0 spiro atoms. The van der Waals surface area contributed by atoms with Crippen molar-refractivity contribution in [1.82, 2.24) is 9.88 Å². The fraction of sp³-hybridized carbons (Fsp3) is 0.280. The number of amides is 2. The Hall–Kier alpha value is -3.57. The average Bonchev–Trinajstić information content (AvgIpc) is 3.33. The van der Waals surface area contributed by atoms with Gasteiger partial charge in [0.05, 0.1) is 18.1 Å². The topological polar surface area (TPSA) is 126 Å². The number of likely N-dealkylation sites (tertiary alicyclic amines) is 1. The summed E-state index contributed by atoms with van der Waals surface area (Å²) >= 11 is 2.09. The van der Waals surface area contributed by atoms with E-state index < -0.39 is 41.4 Å². The van der Waals surface area contributed by atoms with E-state index in [0.717, 1.165) is 39.1 Å². The van der Waals surface area contributed by atoms with Gasteiger partial charge >= 0.3 is 10.8 Å². The molecular weight excluding hydrogens is 504 g/mol. The van der Waals surface area contributed by atoms with Crippen LogP contribution >= 0.6 is 23.1 Å². The number of rotatable bonds is 7. The van der Waals surface area contributed by atoms with E-state index in [1.807, 2.05) is 31.2 Å². The number of aromatic nitrogens is 1. The number of hydrogen-bond acceptors (Lipinski definition) is 8. The number of aryl methyl sites for hydroxylation is 1. The van der Waals surface area contributed by atoms with Crippen LogP contribution in [0.2, 0.25) is 0 Å². The van der Waals surface area contributed by atoms with Crippen molar-refractivity contribution in [2.24, 2.45) is 5.92 Å². The molecule has 2 aliphatic rings. The summed E-state index contributed by atoms with van der Waals surface area (Å²) in [5, 5.41) is 8.90. The number of aliphatic carboxylic acids is 1. The largest absolute Gasteiger partial charge is 0.493 e. The number of fused-ring (bicyclic) bond motifs is 2. The van der Waals surface area contributed by atoms with Gasteiger partial charge in [-0.2, -0.15) is 0 Å². The fourth-order valence-corrected chi connectivity index (χ4v) is 7.22. The Balaban J connectivity index is 1.51. The van der Waals surface area contributed by atoms with E-state index in [9.17, 15) is 24.3 Å². The SMILES string of the molecule is COc1cc([C@@H]2c3sc(=O)[nH]c3SC3C(=O)N(CC(=O)O)C(=O)C32)ccc1OCc1cccc(C)c1. The van der Waals surface area contributed by atoms with Crippen LogP contribution in [0.15, 0.2) is 52.3 Å². The molecule has 1 fully saturated rings. The van der Waals surface area contributed by atoms with E-state index in [1.54, 1.807) is 18.2 Å². The number of carboxylic acids is 1. The Bertz CT molecular complexity index is 1430. The average molecular weight is 527 g/mol. The molecule has 0 bridgehead atoms. The number of nitrogens with one attached hydrogen (secondary N) is 1. The van der Waals surface area contributed by atoms with Gasteiger partial charge in [0.25, 0.3) is 0 Å². The molecule has 5 rings (SSSR count). The summed E-state index contributed by atoms with van der Waals surface area (Å²) in [6.07, 6.45) is 0. The van der Waals surface area contributed by atoms with Crippen molar-refractivity contribution >= 4 is 40.9 Å². The monoisotopic (exact) mass is 526 g/mol. The smallest absolute Gasteiger partial charge is 0.323 e. The fourth-order valence-electron chi connectivity index (χ4n) is 4.68. The normalized spacial score (nSPS) is 20.7. The number of nitrogens with zero attached hydrogens (tertiary/aromatic N) is 1. The maximum absolute atomic E-state index is 13.3. The molecule has 2 aromatic carbocycles. The van der Waals surface area contributed by atoms with Crippen molar-refractivity contribution in [2.75, 3.05) is 13.7 Å². The molecule has 1 aromatic heterocycles. The van der Waals surface area contributed by atoms with Gasteiger partial charge in [-0.1, -0.05) is 59.0 Å². The molecule has 11 heteroatoms. The minimum Gasteiger partial charge on any atom is -0.493 e. The van der Waals surface area contributed by atoms with Crippen molar-refractivity contribution in [3.05, 3.63) is 73.7 Å². The number of hydrogen-bond donors (Lipinski definition) is 2. The number of aromatic amines is 1. The number of methoxy groups -OCH3 is 1. The molecule has 9 nitrogen and oxygen atoms in total. The van der Waals surface area contributed by atoms with E-state index >= 15 is 0 Å². The van der Waals surface area contributed by atoms with E-state index in [-0.39, 0.29) is 4.87 Å². The Labute approximate surface area is 214 Å². The summed E-state index contributed by atoms with van der Waals surface area (Å²) < 4.78 is 11.6. The third-order valence-electron chi connectivity index (χ3n) is 6.23. The maximum atomic E-state index is 13.3. The second-order valence-corrected chi connectivity index (χ2v) is 10.8. The van der Waals surface area contributed by atoms with Gasteiger partial charge in [-0.05, 0) is 30.2 Å². The number of imide groups is 1. The lowest BCUT2D eigenvalue weighted by Crippen LogP contribution is -2.36. The minimum absolute atomic E-state index is 0.287. The lowest BCUT2D eigenvalue weighted by molar-refractivity contribution is -0.149. The van der Waals surface area contributed by atoms with Gasteiger partial charge in [0.2, 0.25) is 11.8 Å². The van der Waals surface area contributed by atoms with Gasteiger partial charge in [0.1, 0.15) is 18.4 Å². The van der Waals surface area contributed by atoms with Crippen LogP contribution in [0.4, 0.5) is 0 Å². The van der Waals surface area contributed by atoms with E-state index in [2.05, 4.69) is 4.98 Å². The van der Waals surface area contributed by atoms with Crippen LogP contribution in [0.25, 0.3) is 0 Å². The minimum atomic E-state index is -1.27. The highest BCUT2D eigenvalue weighted by atomic mass is 32.2. The molecule has 2 amide bonds. The van der Waals surface area contributed by atoms with Crippen molar-refractivity contribution < 1.29 is 29.0 Å². The number of carboxylic acid groups (broad SMARTS) is 1. The molecule has 36 heavy (non-hydrogen) atoms. The molecule has 1 saturated heterocycles. The molecule has 2 unspecified atom stereocenters. The highest BCUT2D eigenvalue weighted by Crippen LogP contribution is 2.53. The maximum Gasteiger partial charge on any atom is 0.323 e. The molecule has 0 radical (unpaired) electrons. The standard InChI is InChI=1S/C25H22N2O7S2/c1-12-4-3-5-13(8-12)11-34-15-7-6-14(9-16(15)33-2)18-19-21(35-22-20(18)36-25(32)26-22)24(31)27(23(19)30)10-17(28)29/h3-9,18-19,21H,10-11H2,1-2H3,(H,26,32)(H,28,29)/t18-,19?,21?/m0/s1. The van der Waals surface area contributed by atoms with Crippen molar-refractivity contribution in [1.29, 1.82) is 0 Å². The lowest BCUT2D eigenvalue weighted by atomic mass is 9.83. The van der Waals surface area contributed by atoms with Crippen LogP contribution in [0.3, 0.4) is 0 Å². The van der Waals surface area contributed by atoms with Gasteiger partial charge in [0.15, 0.2) is 11.5 Å². The van der Waals surface area contributed by atoms with Gasteiger partial charge in [-0.15, -0.1) is 0 Å². The first-order valence-electron chi connectivity index (χ1n) is 11.1. The number of carbonyl (C=O) groups is 3. The predicted molar refractivity (Wildman–Crippen MR) is 133 cm³/mol. The number of thioether (sulfide) groups is 1. The predicted octanol–water partition coefficient (Wildman–Crippen LogP) is 3.01. The molecule has 3 heterocycles. The van der Waals surface area contributed by atoms with Gasteiger partial charge in [-0.3, -0.25) is 24.1 Å². The van der Waals surface area contributed by atoms with E-state index in [1.165, 1.54) is 7.11 Å². The summed E-state index contributed by atoms with van der Waals surface area (Å²) in [5.74, 6) is -2.90. The van der Waals surface area contributed by atoms with Crippen LogP contribution in [-0.2, 0) is 21.0 Å². The molecule has 0 saturated carbocycles. The highest BCUT2D eigenvalue weighted by Gasteiger charge is 2.56. The summed E-state index contributed by atoms with van der Waals surface area (Å²) in [6, 6.07) is 13.2. The quantitative estimate of drug-likeness (QED) is 0.450. The highest BCUT2D eigenvalue weighted by molar-refractivity contribution is 8.00. The second kappa shape index (κ2) is 9.47. The zero-order valence-electron chi connectivity index (χ0n) is 19.3. The summed E-state index contributed by atoms with van der Waals surface area (Å²) in [4.78, 5) is 53.7. The first-order chi connectivity index (χ1) is 17.3. The van der Waals surface area contributed by atoms with Crippen LogP contribution < -0.4 is 14.3 Å². The van der Waals surface area contributed by atoms with E-state index in [0.29, 0.717) is 33.6 Å². The van der Waals surface area contributed by atoms with Gasteiger partial charge < -0.3 is 19.6 Å². The number of H-pyrrole nitrogens is 1. The molecule has 186 valence electrons. The van der Waals surface area contributed by atoms with Gasteiger partial charge in [-0.25, -0.2) is 0 Å². The molecule has 2 N–H and O–H groups in total. The zero-order chi connectivity index (χ0) is 25.6. The van der Waals surface area contributed by atoms with Crippen molar-refractivity contribution in [2.45, 2.75) is 29.7 Å². The number of carbonyl (C=O) groups excluding carboxylic acids is 2. The molecule has 3 aromatic rings. The third-order valence-corrected chi connectivity index (χ3v) is 8.63. The van der Waals surface area contributed by atoms with E-state index in [4.69, 9.17) is 9.47 Å². The van der Waals surface area contributed by atoms with Crippen molar-refractivity contribution in [3.63, 3.8) is 0 Å². The first-order valence-corrected chi connectivity index (χ1v) is 12.8. The lowest BCUT2D eigenvalue weighted by Gasteiger charge is -2.30. The Morgan fingerprint density at radius 1 is 1.11 bits per heavy atom. The molecular formula is C25H22N2O7S2. The number of benzene rings is 2. The molecule has 3 atom stereocenters. The first kappa shape index (κ1) is 24.1. The zero-order valence-corrected chi connectivity index (χ0v) is 21.0. The Morgan fingerprint density at radius 3 is 2.64 bits per heavy atom. The molecule has 0 aliphatic carbocycles. The van der Waals surface area contributed by atoms with Gasteiger partial charge in [0, 0.05) is 10.8 Å². The van der Waals surface area contributed by atoms with Crippen LogP contribution in [-0.4, -0.2) is 51.7 Å². The molecule has 2 aliphatic heterocycles. The second-order valence-electron chi connectivity index (χ2n) is 8.59. The summed E-state index contributed by atoms with van der Waals surface area (Å²) in [5.41, 5.74) is 2.79. The van der Waals surface area contributed by atoms with Crippen LogP contribution in [0, 0.1) is 12.8 Å². The Morgan fingerprint density at radius 2 is 1.92 bits per heavy atom. The summed E-state index contributed by atoms with van der Waals surface area (Å²) in [6.45, 7) is 1.64. The van der Waals surface area contributed by atoms with Crippen LogP contribution in [0.1, 0.15) is 27.5 Å².